The molecule has 0 aliphatic carbocycles. The molecule has 0 atom stereocenters. The number of nitrogens with zero attached hydrogens (tertiary/aromatic N) is 3. The highest BCUT2D eigenvalue weighted by molar-refractivity contribution is 5.85. The summed E-state index contributed by atoms with van der Waals surface area (Å²) >= 11 is 0. The first-order valence-electron chi connectivity index (χ1n) is 9.29. The van der Waals surface area contributed by atoms with E-state index < -0.39 is 11.6 Å². The van der Waals surface area contributed by atoms with Crippen LogP contribution in [0, 0.1) is 11.6 Å². The molecule has 30 heavy (non-hydrogen) atoms. The summed E-state index contributed by atoms with van der Waals surface area (Å²) in [5.74, 6) is -0.380. The molecule has 2 aromatic heterocycles. The van der Waals surface area contributed by atoms with Crippen LogP contribution in [0.5, 0.6) is 5.75 Å². The van der Waals surface area contributed by atoms with Gasteiger partial charge in [-0.3, -0.25) is 4.98 Å². The number of hydrogen-bond acceptors (Lipinski definition) is 5. The smallest absolute Gasteiger partial charge is 0.166 e. The summed E-state index contributed by atoms with van der Waals surface area (Å²) in [5, 5.41) is 0.719. The minimum absolute atomic E-state index is 0.0719. The summed E-state index contributed by atoms with van der Waals surface area (Å²) in [6, 6.07) is 13.8. The molecule has 4 rings (SSSR count). The van der Waals surface area contributed by atoms with Gasteiger partial charge in [0.25, 0.3) is 0 Å². The Hall–Kier alpha value is -3.74. The Bertz CT molecular complexity index is 1210. The summed E-state index contributed by atoms with van der Waals surface area (Å²) in [5.41, 5.74) is 8.14. The van der Waals surface area contributed by atoms with Crippen molar-refractivity contribution >= 4 is 22.4 Å². The third kappa shape index (κ3) is 3.87. The van der Waals surface area contributed by atoms with Crippen LogP contribution in [0.2, 0.25) is 0 Å². The third-order valence-electron chi connectivity index (χ3n) is 4.88. The monoisotopic (exact) mass is 406 g/mol. The van der Waals surface area contributed by atoms with E-state index in [0.717, 1.165) is 28.6 Å². The van der Waals surface area contributed by atoms with Gasteiger partial charge in [0.2, 0.25) is 0 Å². The molecular formula is C23H20F2N4O. The number of aromatic nitrogens is 2. The van der Waals surface area contributed by atoms with Crippen LogP contribution < -0.4 is 15.4 Å². The number of fused-ring (bicyclic) bond motifs is 1. The number of benzene rings is 2. The van der Waals surface area contributed by atoms with Gasteiger partial charge in [-0.2, -0.15) is 0 Å². The van der Waals surface area contributed by atoms with Crippen molar-refractivity contribution in [2.45, 2.75) is 6.54 Å². The molecule has 0 spiro atoms. The largest absolute Gasteiger partial charge is 0.497 e. The molecule has 7 heteroatoms. The molecule has 0 bridgehead atoms. The molecule has 0 aliphatic rings. The van der Waals surface area contributed by atoms with Gasteiger partial charge in [0.05, 0.1) is 12.6 Å². The van der Waals surface area contributed by atoms with E-state index in [1.54, 1.807) is 19.4 Å². The van der Waals surface area contributed by atoms with Crippen molar-refractivity contribution in [1.29, 1.82) is 0 Å². The topological polar surface area (TPSA) is 64.3 Å². The van der Waals surface area contributed by atoms with Gasteiger partial charge in [0, 0.05) is 54.3 Å². The number of hydrogen-bond donors (Lipinski definition) is 1. The molecule has 5 nitrogen and oxygen atoms in total. The van der Waals surface area contributed by atoms with Crippen LogP contribution in [0.1, 0.15) is 5.56 Å². The van der Waals surface area contributed by atoms with Crippen LogP contribution in [0.15, 0.2) is 60.9 Å². The van der Waals surface area contributed by atoms with E-state index in [2.05, 4.69) is 9.97 Å². The summed E-state index contributed by atoms with van der Waals surface area (Å²) < 4.78 is 33.1. The molecule has 0 saturated heterocycles. The third-order valence-corrected chi connectivity index (χ3v) is 4.88. The number of nitrogens with two attached hydrogens (primary N) is 1. The molecule has 152 valence electrons. The van der Waals surface area contributed by atoms with Crippen molar-refractivity contribution in [1.82, 2.24) is 9.97 Å². The van der Waals surface area contributed by atoms with Crippen molar-refractivity contribution in [2.75, 3.05) is 24.8 Å². The number of methoxy groups -OCH3 is 1. The predicted octanol–water partition coefficient (Wildman–Crippen LogP) is 4.80. The lowest BCUT2D eigenvalue weighted by atomic mass is 10.0. The molecule has 0 saturated carbocycles. The van der Waals surface area contributed by atoms with Crippen molar-refractivity contribution in [3.8, 4) is 16.9 Å². The van der Waals surface area contributed by atoms with Crippen LogP contribution in [0.25, 0.3) is 22.0 Å². The minimum atomic E-state index is -0.987. The van der Waals surface area contributed by atoms with E-state index in [9.17, 15) is 8.78 Å². The predicted molar refractivity (Wildman–Crippen MR) is 114 cm³/mol. The van der Waals surface area contributed by atoms with Gasteiger partial charge in [0.1, 0.15) is 11.6 Å². The van der Waals surface area contributed by atoms with Crippen molar-refractivity contribution in [2.24, 2.45) is 0 Å². The fourth-order valence-electron chi connectivity index (χ4n) is 3.27. The van der Waals surface area contributed by atoms with Gasteiger partial charge in [-0.15, -0.1) is 0 Å². The number of nitrogen functional groups attached to an aromatic ring is 1. The summed E-state index contributed by atoms with van der Waals surface area (Å²) in [4.78, 5) is 10.9. The van der Waals surface area contributed by atoms with Gasteiger partial charge in [-0.1, -0.05) is 12.1 Å². The van der Waals surface area contributed by atoms with Gasteiger partial charge in [-0.25, -0.2) is 13.8 Å². The fourth-order valence-corrected chi connectivity index (χ4v) is 3.27. The number of anilines is 2. The summed E-state index contributed by atoms with van der Waals surface area (Å²) in [6.07, 6.45) is 3.18. The number of rotatable bonds is 5. The van der Waals surface area contributed by atoms with Crippen LogP contribution >= 0.6 is 0 Å². The zero-order chi connectivity index (χ0) is 21.3. The molecule has 0 fully saturated rings. The van der Waals surface area contributed by atoms with Crippen LogP contribution in [0.3, 0.4) is 0 Å². The van der Waals surface area contributed by atoms with Crippen LogP contribution in [-0.4, -0.2) is 24.1 Å². The molecule has 0 radical (unpaired) electrons. The van der Waals surface area contributed by atoms with E-state index in [1.165, 1.54) is 12.3 Å². The van der Waals surface area contributed by atoms with Crippen molar-refractivity contribution < 1.29 is 13.5 Å². The maximum Gasteiger partial charge on any atom is 0.166 e. The molecule has 0 unspecified atom stereocenters. The highest BCUT2D eigenvalue weighted by atomic mass is 19.2. The molecule has 4 aromatic rings. The van der Waals surface area contributed by atoms with E-state index in [4.69, 9.17) is 10.5 Å². The van der Waals surface area contributed by atoms with E-state index in [1.807, 2.05) is 42.3 Å². The van der Waals surface area contributed by atoms with Crippen LogP contribution in [0.4, 0.5) is 20.3 Å². The second-order valence-corrected chi connectivity index (χ2v) is 7.03. The van der Waals surface area contributed by atoms with Gasteiger partial charge < -0.3 is 15.4 Å². The maximum absolute atomic E-state index is 14.2. The quantitative estimate of drug-likeness (QED) is 0.482. The SMILES string of the molecule is COc1ccc(CN(C)c2cc3ncc(-c4cc(N)cc(F)c4F)cc3cn2)cc1. The van der Waals surface area contributed by atoms with E-state index in [-0.39, 0.29) is 11.3 Å². The zero-order valence-electron chi connectivity index (χ0n) is 16.6. The van der Waals surface area contributed by atoms with Crippen molar-refractivity contribution in [3.63, 3.8) is 0 Å². The zero-order valence-corrected chi connectivity index (χ0v) is 16.6. The van der Waals surface area contributed by atoms with Gasteiger partial charge in [-0.05, 0) is 35.9 Å². The molecule has 0 amide bonds. The Morgan fingerprint density at radius 3 is 2.50 bits per heavy atom. The lowest BCUT2D eigenvalue weighted by molar-refractivity contribution is 0.414. The summed E-state index contributed by atoms with van der Waals surface area (Å²) in [6.45, 7) is 0.661. The molecule has 0 aliphatic heterocycles. The van der Waals surface area contributed by atoms with E-state index >= 15 is 0 Å². The Balaban J connectivity index is 1.61. The van der Waals surface area contributed by atoms with Crippen LogP contribution in [-0.2, 0) is 6.54 Å². The molecule has 2 N–H and O–H groups in total. The Kier molecular flexibility index (Phi) is 5.18. The lowest BCUT2D eigenvalue weighted by Gasteiger charge is -2.19. The highest BCUT2D eigenvalue weighted by Crippen LogP contribution is 2.29. The maximum atomic E-state index is 14.2. The van der Waals surface area contributed by atoms with Gasteiger partial charge >= 0.3 is 0 Å². The first kappa shape index (κ1) is 19.6. The normalized spacial score (nSPS) is 10.9. The fraction of sp³-hybridized carbons (Fsp3) is 0.130. The lowest BCUT2D eigenvalue weighted by Crippen LogP contribution is -2.17. The average Bonchev–Trinajstić information content (AvgIpc) is 2.76. The summed E-state index contributed by atoms with van der Waals surface area (Å²) in [7, 11) is 3.58. The average molecular weight is 406 g/mol. The molecule has 2 aromatic carbocycles. The second-order valence-electron chi connectivity index (χ2n) is 7.03. The molecular weight excluding hydrogens is 386 g/mol. The standard InChI is InChI=1S/C23H20F2N4O/c1-29(13-14-3-5-18(30-2)6-4-14)22-10-21-16(12-28-22)7-15(11-27-21)19-8-17(26)9-20(24)23(19)25/h3-12H,13,26H2,1-2H3. The molecule has 2 heterocycles. The number of pyridine rings is 2. The number of ether oxygens (including phenoxy) is 1. The first-order chi connectivity index (χ1) is 14.4. The second kappa shape index (κ2) is 7.94. The Morgan fingerprint density at radius 2 is 1.77 bits per heavy atom. The highest BCUT2D eigenvalue weighted by Gasteiger charge is 2.13. The van der Waals surface area contributed by atoms with Crippen molar-refractivity contribution in [3.05, 3.63) is 78.1 Å². The van der Waals surface area contributed by atoms with Gasteiger partial charge in [0.15, 0.2) is 11.6 Å². The number of halogens is 2. The van der Waals surface area contributed by atoms with E-state index in [0.29, 0.717) is 17.6 Å². The Morgan fingerprint density at radius 1 is 1.00 bits per heavy atom. The first-order valence-corrected chi connectivity index (χ1v) is 9.29. The minimum Gasteiger partial charge on any atom is -0.497 e. The Labute approximate surface area is 172 Å².